The molecule has 0 aromatic carbocycles. The number of carboxylic acid groups (broad SMARTS) is 1. The molecule has 0 aliphatic rings. The number of nitrogens with one attached hydrogen (secondary N) is 1. The zero-order valence-corrected chi connectivity index (χ0v) is 12.1. The van der Waals surface area contributed by atoms with Gasteiger partial charge in [-0.3, -0.25) is 4.79 Å². The quantitative estimate of drug-likeness (QED) is 0.770. The Morgan fingerprint density at radius 1 is 1.50 bits per heavy atom. The predicted octanol–water partition coefficient (Wildman–Crippen LogP) is 0.154. The lowest BCUT2D eigenvalue weighted by Gasteiger charge is -2.29. The van der Waals surface area contributed by atoms with Crippen LogP contribution in [0, 0.1) is 5.41 Å². The lowest BCUT2D eigenvalue weighted by atomic mass is 9.89. The molecular weight excluding hydrogens is 264 g/mol. The average molecular weight is 284 g/mol. The molecule has 0 bridgehead atoms. The van der Waals surface area contributed by atoms with Crippen molar-refractivity contribution in [1.29, 1.82) is 0 Å². The molecule has 0 spiro atoms. The normalized spacial score (nSPS) is 13.0. The molecular formula is C12H20N4O4. The lowest BCUT2D eigenvalue weighted by Crippen LogP contribution is -2.41. The average Bonchev–Trinajstić information content (AvgIpc) is 2.76. The molecule has 0 fully saturated rings. The summed E-state index contributed by atoms with van der Waals surface area (Å²) in [5.41, 5.74) is -0.284. The summed E-state index contributed by atoms with van der Waals surface area (Å²) >= 11 is 0. The third-order valence-corrected chi connectivity index (χ3v) is 2.80. The Hall–Kier alpha value is -1.96. The molecule has 1 unspecified atom stereocenters. The maximum atomic E-state index is 11.7. The summed E-state index contributed by atoms with van der Waals surface area (Å²) < 4.78 is 6.50. The molecule has 0 aliphatic heterocycles. The highest BCUT2D eigenvalue weighted by Gasteiger charge is 2.24. The van der Waals surface area contributed by atoms with Crippen molar-refractivity contribution in [2.75, 3.05) is 13.7 Å². The first-order valence-corrected chi connectivity index (χ1v) is 6.17. The van der Waals surface area contributed by atoms with Crippen molar-refractivity contribution in [3.63, 3.8) is 0 Å². The Morgan fingerprint density at radius 2 is 2.15 bits per heavy atom. The van der Waals surface area contributed by atoms with E-state index in [1.54, 1.807) is 7.11 Å². The smallest absolute Gasteiger partial charge is 0.358 e. The van der Waals surface area contributed by atoms with Gasteiger partial charge in [-0.2, -0.15) is 0 Å². The fourth-order valence-electron chi connectivity index (χ4n) is 1.63. The fourth-order valence-corrected chi connectivity index (χ4v) is 1.63. The van der Waals surface area contributed by atoms with E-state index in [9.17, 15) is 9.59 Å². The van der Waals surface area contributed by atoms with Gasteiger partial charge in [0.2, 0.25) is 5.91 Å². The molecule has 1 aromatic heterocycles. The SMILES string of the molecule is COC(CNC(=O)Cn1cc(C(=O)O)nn1)C(C)(C)C. The number of nitrogens with zero attached hydrogens (tertiary/aromatic N) is 3. The van der Waals surface area contributed by atoms with Crippen LogP contribution in [0.3, 0.4) is 0 Å². The minimum Gasteiger partial charge on any atom is -0.476 e. The zero-order valence-electron chi connectivity index (χ0n) is 12.1. The van der Waals surface area contributed by atoms with E-state index in [0.29, 0.717) is 6.54 Å². The largest absolute Gasteiger partial charge is 0.476 e. The lowest BCUT2D eigenvalue weighted by molar-refractivity contribution is -0.122. The number of aromatic nitrogens is 3. The minimum atomic E-state index is -1.18. The van der Waals surface area contributed by atoms with E-state index in [1.165, 1.54) is 10.9 Å². The Kier molecular flexibility index (Phi) is 5.20. The van der Waals surface area contributed by atoms with Gasteiger partial charge in [-0.05, 0) is 5.41 Å². The molecule has 0 saturated heterocycles. The highest BCUT2D eigenvalue weighted by Crippen LogP contribution is 2.20. The van der Waals surface area contributed by atoms with Crippen molar-refractivity contribution in [3.8, 4) is 0 Å². The second kappa shape index (κ2) is 6.47. The van der Waals surface area contributed by atoms with Crippen molar-refractivity contribution >= 4 is 11.9 Å². The van der Waals surface area contributed by atoms with Gasteiger partial charge in [0.15, 0.2) is 5.69 Å². The van der Waals surface area contributed by atoms with Crippen LogP contribution >= 0.6 is 0 Å². The summed E-state index contributed by atoms with van der Waals surface area (Å²) in [4.78, 5) is 22.4. The van der Waals surface area contributed by atoms with Crippen molar-refractivity contribution in [2.24, 2.45) is 5.41 Å². The number of methoxy groups -OCH3 is 1. The van der Waals surface area contributed by atoms with Gasteiger partial charge in [-0.15, -0.1) is 5.10 Å². The van der Waals surface area contributed by atoms with E-state index in [0.717, 1.165) is 0 Å². The number of aromatic carboxylic acids is 1. The highest BCUT2D eigenvalue weighted by molar-refractivity contribution is 5.84. The monoisotopic (exact) mass is 284 g/mol. The van der Waals surface area contributed by atoms with Crippen molar-refractivity contribution in [3.05, 3.63) is 11.9 Å². The van der Waals surface area contributed by atoms with E-state index in [1.807, 2.05) is 20.8 Å². The van der Waals surface area contributed by atoms with E-state index >= 15 is 0 Å². The van der Waals surface area contributed by atoms with Crippen LogP contribution in [0.25, 0.3) is 0 Å². The van der Waals surface area contributed by atoms with Crippen molar-refractivity contribution in [1.82, 2.24) is 20.3 Å². The van der Waals surface area contributed by atoms with Crippen molar-refractivity contribution in [2.45, 2.75) is 33.4 Å². The summed E-state index contributed by atoms with van der Waals surface area (Å²) in [5, 5.41) is 18.4. The zero-order chi connectivity index (χ0) is 15.3. The van der Waals surface area contributed by atoms with Gasteiger partial charge in [-0.1, -0.05) is 26.0 Å². The Balaban J connectivity index is 2.49. The molecule has 0 aliphatic carbocycles. The van der Waals surface area contributed by atoms with Crippen molar-refractivity contribution < 1.29 is 19.4 Å². The number of amides is 1. The first-order chi connectivity index (χ1) is 9.24. The van der Waals surface area contributed by atoms with Crippen LogP contribution in [0.15, 0.2) is 6.20 Å². The summed E-state index contributed by atoms with van der Waals surface area (Å²) in [6, 6.07) is 0. The summed E-state index contributed by atoms with van der Waals surface area (Å²) in [6.07, 6.45) is 1.09. The number of hydrogen-bond donors (Lipinski definition) is 2. The fraction of sp³-hybridized carbons (Fsp3) is 0.667. The van der Waals surface area contributed by atoms with E-state index in [2.05, 4.69) is 15.6 Å². The van der Waals surface area contributed by atoms with Gasteiger partial charge in [-0.25, -0.2) is 9.48 Å². The van der Waals surface area contributed by atoms with Gasteiger partial charge < -0.3 is 15.2 Å². The second-order valence-corrected chi connectivity index (χ2v) is 5.50. The first kappa shape index (κ1) is 16.1. The van der Waals surface area contributed by atoms with Gasteiger partial charge >= 0.3 is 5.97 Å². The Morgan fingerprint density at radius 3 is 2.60 bits per heavy atom. The molecule has 0 saturated carbocycles. The number of carboxylic acids is 1. The predicted molar refractivity (Wildman–Crippen MR) is 70.2 cm³/mol. The molecule has 1 atom stereocenters. The molecule has 112 valence electrons. The molecule has 2 N–H and O–H groups in total. The van der Waals surface area contributed by atoms with E-state index < -0.39 is 5.97 Å². The van der Waals surface area contributed by atoms with Crippen LogP contribution in [-0.2, 0) is 16.1 Å². The topological polar surface area (TPSA) is 106 Å². The summed E-state index contributed by atoms with van der Waals surface area (Å²) in [7, 11) is 1.60. The van der Waals surface area contributed by atoms with Gasteiger partial charge in [0.1, 0.15) is 6.54 Å². The Labute approximate surface area is 117 Å². The summed E-state index contributed by atoms with van der Waals surface area (Å²) in [6.45, 7) is 6.35. The third-order valence-electron chi connectivity index (χ3n) is 2.80. The van der Waals surface area contributed by atoms with Gasteiger partial charge in [0.25, 0.3) is 0 Å². The molecule has 8 nitrogen and oxygen atoms in total. The van der Waals surface area contributed by atoms with E-state index in [-0.39, 0.29) is 29.7 Å². The molecule has 0 radical (unpaired) electrons. The molecule has 20 heavy (non-hydrogen) atoms. The standard InChI is InChI=1S/C12H20N4O4/c1-12(2,3)9(20-4)5-13-10(17)7-16-6-8(11(18)19)14-15-16/h6,9H,5,7H2,1-4H3,(H,13,17)(H,18,19). The first-order valence-electron chi connectivity index (χ1n) is 6.17. The van der Waals surface area contributed by atoms with Crippen LogP contribution in [0.2, 0.25) is 0 Å². The maximum absolute atomic E-state index is 11.7. The summed E-state index contributed by atoms with van der Waals surface area (Å²) in [5.74, 6) is -1.46. The molecule has 1 amide bonds. The third kappa shape index (κ3) is 4.61. The van der Waals surface area contributed by atoms with Crippen LogP contribution in [0.4, 0.5) is 0 Å². The van der Waals surface area contributed by atoms with Gasteiger partial charge in [0.05, 0.1) is 12.3 Å². The number of carbonyl (C=O) groups excluding carboxylic acids is 1. The van der Waals surface area contributed by atoms with Gasteiger partial charge in [0, 0.05) is 13.7 Å². The van der Waals surface area contributed by atoms with E-state index in [4.69, 9.17) is 9.84 Å². The molecule has 1 aromatic rings. The van der Waals surface area contributed by atoms with Crippen LogP contribution in [0.1, 0.15) is 31.3 Å². The number of ether oxygens (including phenoxy) is 1. The minimum absolute atomic E-state index is 0.0825. The number of carbonyl (C=O) groups is 2. The number of rotatable bonds is 6. The Bertz CT molecular complexity index is 478. The molecule has 1 heterocycles. The molecule has 1 rings (SSSR count). The molecule has 8 heteroatoms. The maximum Gasteiger partial charge on any atom is 0.358 e. The second-order valence-electron chi connectivity index (χ2n) is 5.50. The van der Waals surface area contributed by atoms with Crippen LogP contribution in [-0.4, -0.2) is 51.7 Å². The highest BCUT2D eigenvalue weighted by atomic mass is 16.5. The number of hydrogen-bond acceptors (Lipinski definition) is 5. The van der Waals surface area contributed by atoms with Crippen LogP contribution in [0.5, 0.6) is 0 Å². The van der Waals surface area contributed by atoms with Crippen LogP contribution < -0.4 is 5.32 Å².